The molecular weight excluding hydrogens is 371 g/mol. The third-order valence-electron chi connectivity index (χ3n) is 3.88. The van der Waals surface area contributed by atoms with Crippen molar-refractivity contribution in [2.24, 2.45) is 0 Å². The summed E-state index contributed by atoms with van der Waals surface area (Å²) >= 11 is 5.88. The lowest BCUT2D eigenvalue weighted by molar-refractivity contribution is -0.130. The summed E-state index contributed by atoms with van der Waals surface area (Å²) in [4.78, 5) is 25.6. The third kappa shape index (κ3) is 7.27. The van der Waals surface area contributed by atoms with Gasteiger partial charge in [-0.2, -0.15) is 0 Å². The van der Waals surface area contributed by atoms with Crippen molar-refractivity contribution < 1.29 is 18.7 Å². The number of amides is 2. The van der Waals surface area contributed by atoms with Gasteiger partial charge in [-0.15, -0.1) is 0 Å². The van der Waals surface area contributed by atoms with E-state index in [2.05, 4.69) is 5.32 Å². The average Bonchev–Trinajstić information content (AvgIpc) is 2.65. The molecule has 2 amide bonds. The zero-order valence-corrected chi connectivity index (χ0v) is 15.8. The number of rotatable bonds is 9. The molecule has 5 nitrogen and oxygen atoms in total. The van der Waals surface area contributed by atoms with Crippen LogP contribution < -0.4 is 10.1 Å². The van der Waals surface area contributed by atoms with Crippen molar-refractivity contribution in [3.8, 4) is 5.75 Å². The number of benzene rings is 2. The van der Waals surface area contributed by atoms with Crippen LogP contribution in [0.3, 0.4) is 0 Å². The molecule has 0 fully saturated rings. The topological polar surface area (TPSA) is 58.6 Å². The zero-order chi connectivity index (χ0) is 19.6. The van der Waals surface area contributed by atoms with Crippen LogP contribution in [-0.4, -0.2) is 43.5 Å². The molecule has 0 atom stereocenters. The summed E-state index contributed by atoms with van der Waals surface area (Å²) in [7, 11) is 1.71. The Kier molecular flexibility index (Phi) is 8.07. The van der Waals surface area contributed by atoms with E-state index in [4.69, 9.17) is 16.3 Å². The van der Waals surface area contributed by atoms with E-state index in [9.17, 15) is 14.0 Å². The molecular formula is C20H22ClFN2O3. The third-order valence-corrected chi connectivity index (χ3v) is 4.11. The van der Waals surface area contributed by atoms with Gasteiger partial charge in [-0.1, -0.05) is 17.7 Å². The van der Waals surface area contributed by atoms with Crippen molar-refractivity contribution in [3.63, 3.8) is 0 Å². The first-order valence-corrected chi connectivity index (χ1v) is 8.99. The summed E-state index contributed by atoms with van der Waals surface area (Å²) in [5.74, 6) is -0.0437. The highest BCUT2D eigenvalue weighted by Crippen LogP contribution is 2.16. The highest BCUT2D eigenvalue weighted by molar-refractivity contribution is 6.30. The standard InChI is InChI=1S/C20H22ClFN2O3/c1-24(12-13-27-18-5-2-4-16(21)14-18)19(25)6-3-11-23-20(26)15-7-9-17(22)10-8-15/h2,4-5,7-10,14H,3,6,11-13H2,1H3,(H,23,26). The first kappa shape index (κ1) is 20.7. The summed E-state index contributed by atoms with van der Waals surface area (Å²) < 4.78 is 18.4. The van der Waals surface area contributed by atoms with E-state index in [0.717, 1.165) is 0 Å². The Labute approximate surface area is 163 Å². The van der Waals surface area contributed by atoms with E-state index in [1.165, 1.54) is 24.3 Å². The number of nitrogens with zero attached hydrogens (tertiary/aromatic N) is 1. The first-order valence-electron chi connectivity index (χ1n) is 8.62. The number of likely N-dealkylation sites (N-methyl/N-ethyl adjacent to an activating group) is 1. The molecule has 0 aromatic heterocycles. The van der Waals surface area contributed by atoms with E-state index < -0.39 is 0 Å². The molecule has 0 heterocycles. The first-order chi connectivity index (χ1) is 13.0. The lowest BCUT2D eigenvalue weighted by Crippen LogP contribution is -2.32. The molecule has 0 saturated carbocycles. The number of halogens is 2. The van der Waals surface area contributed by atoms with Crippen LogP contribution in [0.15, 0.2) is 48.5 Å². The van der Waals surface area contributed by atoms with Crippen LogP contribution in [0.5, 0.6) is 5.75 Å². The Balaban J connectivity index is 1.61. The molecule has 2 aromatic rings. The van der Waals surface area contributed by atoms with Crippen molar-refractivity contribution >= 4 is 23.4 Å². The van der Waals surface area contributed by atoms with Gasteiger partial charge in [-0.05, 0) is 48.9 Å². The quantitative estimate of drug-likeness (QED) is 0.664. The van der Waals surface area contributed by atoms with Crippen molar-refractivity contribution in [2.75, 3.05) is 26.7 Å². The Morgan fingerprint density at radius 2 is 1.93 bits per heavy atom. The van der Waals surface area contributed by atoms with Gasteiger partial charge in [0.2, 0.25) is 5.91 Å². The fourth-order valence-electron chi connectivity index (χ4n) is 2.32. The number of carbonyl (C=O) groups excluding carboxylic acids is 2. The van der Waals surface area contributed by atoms with Gasteiger partial charge >= 0.3 is 0 Å². The second kappa shape index (κ2) is 10.5. The fraction of sp³-hybridized carbons (Fsp3) is 0.300. The molecule has 0 aliphatic rings. The molecule has 0 saturated heterocycles. The number of hydrogen-bond acceptors (Lipinski definition) is 3. The highest BCUT2D eigenvalue weighted by atomic mass is 35.5. The number of carbonyl (C=O) groups is 2. The maximum Gasteiger partial charge on any atom is 0.251 e. The van der Waals surface area contributed by atoms with Gasteiger partial charge in [0.1, 0.15) is 18.2 Å². The summed E-state index contributed by atoms with van der Waals surface area (Å²) in [5.41, 5.74) is 0.387. The predicted molar refractivity (Wildman–Crippen MR) is 103 cm³/mol. The van der Waals surface area contributed by atoms with Crippen molar-refractivity contribution in [2.45, 2.75) is 12.8 Å². The molecule has 0 aliphatic heterocycles. The molecule has 0 bridgehead atoms. The van der Waals surface area contributed by atoms with Gasteiger partial charge in [-0.3, -0.25) is 9.59 Å². The van der Waals surface area contributed by atoms with Crippen molar-refractivity contribution in [1.29, 1.82) is 0 Å². The Morgan fingerprint density at radius 1 is 1.19 bits per heavy atom. The fourth-order valence-corrected chi connectivity index (χ4v) is 2.50. The molecule has 2 aromatic carbocycles. The minimum atomic E-state index is -0.389. The van der Waals surface area contributed by atoms with E-state index in [0.29, 0.717) is 48.9 Å². The van der Waals surface area contributed by atoms with Crippen LogP contribution in [0.2, 0.25) is 5.02 Å². The predicted octanol–water partition coefficient (Wildman–Crippen LogP) is 3.53. The summed E-state index contributed by atoms with van der Waals surface area (Å²) in [6.45, 7) is 1.19. The Bertz CT molecular complexity index is 768. The monoisotopic (exact) mass is 392 g/mol. The van der Waals surface area contributed by atoms with Crippen molar-refractivity contribution in [1.82, 2.24) is 10.2 Å². The zero-order valence-electron chi connectivity index (χ0n) is 15.1. The summed E-state index contributed by atoms with van der Waals surface area (Å²) in [6, 6.07) is 12.4. The molecule has 0 spiro atoms. The molecule has 0 aliphatic carbocycles. The minimum Gasteiger partial charge on any atom is -0.492 e. The maximum absolute atomic E-state index is 12.8. The molecule has 0 unspecified atom stereocenters. The van der Waals surface area contributed by atoms with Gasteiger partial charge in [0, 0.05) is 30.6 Å². The van der Waals surface area contributed by atoms with Gasteiger partial charge in [0.05, 0.1) is 6.54 Å². The molecule has 0 radical (unpaired) electrons. The number of ether oxygens (including phenoxy) is 1. The summed E-state index contributed by atoms with van der Waals surface area (Å²) in [5, 5.41) is 3.31. The van der Waals surface area contributed by atoms with E-state index in [-0.39, 0.29) is 17.6 Å². The van der Waals surface area contributed by atoms with Crippen LogP contribution in [0, 0.1) is 5.82 Å². The van der Waals surface area contributed by atoms with Crippen LogP contribution in [0.4, 0.5) is 4.39 Å². The smallest absolute Gasteiger partial charge is 0.251 e. The minimum absolute atomic E-state index is 0.0271. The van der Waals surface area contributed by atoms with E-state index >= 15 is 0 Å². The molecule has 27 heavy (non-hydrogen) atoms. The van der Waals surface area contributed by atoms with Crippen LogP contribution >= 0.6 is 11.6 Å². The maximum atomic E-state index is 12.8. The highest BCUT2D eigenvalue weighted by Gasteiger charge is 2.10. The molecule has 1 N–H and O–H groups in total. The Hall–Kier alpha value is -2.60. The van der Waals surface area contributed by atoms with Crippen LogP contribution in [-0.2, 0) is 4.79 Å². The number of hydrogen-bond donors (Lipinski definition) is 1. The normalized spacial score (nSPS) is 10.3. The van der Waals surface area contributed by atoms with Crippen molar-refractivity contribution in [3.05, 3.63) is 64.9 Å². The van der Waals surface area contributed by atoms with Gasteiger partial charge in [-0.25, -0.2) is 4.39 Å². The Morgan fingerprint density at radius 3 is 2.63 bits per heavy atom. The van der Waals surface area contributed by atoms with Crippen LogP contribution in [0.25, 0.3) is 0 Å². The van der Waals surface area contributed by atoms with Gasteiger partial charge in [0.15, 0.2) is 0 Å². The lowest BCUT2D eigenvalue weighted by Gasteiger charge is -2.17. The van der Waals surface area contributed by atoms with Gasteiger partial charge in [0.25, 0.3) is 5.91 Å². The largest absolute Gasteiger partial charge is 0.492 e. The lowest BCUT2D eigenvalue weighted by atomic mass is 10.2. The van der Waals surface area contributed by atoms with E-state index in [1.54, 1.807) is 36.2 Å². The van der Waals surface area contributed by atoms with E-state index in [1.807, 2.05) is 0 Å². The second-order valence-corrected chi connectivity index (χ2v) is 6.42. The molecule has 2 rings (SSSR count). The molecule has 144 valence electrons. The van der Waals surface area contributed by atoms with Gasteiger partial charge < -0.3 is 15.0 Å². The average molecular weight is 393 g/mol. The summed E-state index contributed by atoms with van der Waals surface area (Å²) in [6.07, 6.45) is 0.836. The number of nitrogens with one attached hydrogen (secondary N) is 1. The SMILES string of the molecule is CN(CCOc1cccc(Cl)c1)C(=O)CCCNC(=O)c1ccc(F)cc1. The molecule has 7 heteroatoms. The van der Waals surface area contributed by atoms with Crippen LogP contribution in [0.1, 0.15) is 23.2 Å². The second-order valence-electron chi connectivity index (χ2n) is 5.99.